The molecule has 2 aliphatic rings. The van der Waals surface area contributed by atoms with Crippen LogP contribution in [0.3, 0.4) is 0 Å². The summed E-state index contributed by atoms with van der Waals surface area (Å²) in [5, 5.41) is 0. The van der Waals surface area contributed by atoms with Gasteiger partial charge in [-0.2, -0.15) is 4.98 Å². The van der Waals surface area contributed by atoms with Crippen LogP contribution in [0.4, 0.5) is 0 Å². The SMILES string of the molecule is Cc1ccc(Cn2c3ncnc4c(ncn4Cc4ccc(-c5ccccc5)cc4)c-3nc2=O)cc1. The molecule has 0 fully saturated rings. The number of hydrogen-bond donors (Lipinski definition) is 0. The summed E-state index contributed by atoms with van der Waals surface area (Å²) in [7, 11) is 0. The third kappa shape index (κ3) is 3.97. The lowest BCUT2D eigenvalue weighted by atomic mass is 10.0. The Kier molecular flexibility index (Phi) is 5.15. The van der Waals surface area contributed by atoms with Gasteiger partial charge in [0.1, 0.15) is 17.5 Å². The normalized spacial score (nSPS) is 11.3. The highest BCUT2D eigenvalue weighted by Crippen LogP contribution is 2.24. The molecule has 1 aromatic heterocycles. The highest BCUT2D eigenvalue weighted by atomic mass is 16.1. The number of hydrogen-bond acceptors (Lipinski definition) is 5. The first-order chi connectivity index (χ1) is 17.2. The zero-order valence-electron chi connectivity index (χ0n) is 19.2. The van der Waals surface area contributed by atoms with Crippen LogP contribution in [0.25, 0.3) is 33.8 Å². The van der Waals surface area contributed by atoms with Crippen molar-refractivity contribution in [2.75, 3.05) is 0 Å². The first-order valence-electron chi connectivity index (χ1n) is 11.4. The summed E-state index contributed by atoms with van der Waals surface area (Å²) in [4.78, 5) is 30.6. The molecule has 2 aliphatic heterocycles. The van der Waals surface area contributed by atoms with Crippen LogP contribution >= 0.6 is 0 Å². The van der Waals surface area contributed by atoms with Crippen molar-refractivity contribution < 1.29 is 0 Å². The van der Waals surface area contributed by atoms with E-state index in [0.29, 0.717) is 35.8 Å². The van der Waals surface area contributed by atoms with E-state index in [1.807, 2.05) is 54.0 Å². The largest absolute Gasteiger partial charge is 0.350 e. The highest BCUT2D eigenvalue weighted by molar-refractivity contribution is 5.85. The number of benzene rings is 3. The molecule has 0 radical (unpaired) electrons. The standard InChI is InChI=1S/C28H22N6O/c1-19-7-9-21(10-8-19)16-34-27-25(32-28(34)35)24-26(29-17-30-27)33(18-31-24)15-20-11-13-23(14-12-20)22-5-3-2-4-6-22/h2-14,17-18H,15-16H2,1H3. The molecule has 170 valence electrons. The number of nitrogens with zero attached hydrogens (tertiary/aromatic N) is 6. The van der Waals surface area contributed by atoms with Crippen molar-refractivity contribution in [3.63, 3.8) is 0 Å². The van der Waals surface area contributed by atoms with E-state index >= 15 is 0 Å². The lowest BCUT2D eigenvalue weighted by Gasteiger charge is -2.06. The van der Waals surface area contributed by atoms with Crippen LogP contribution in [-0.4, -0.2) is 29.1 Å². The van der Waals surface area contributed by atoms with Gasteiger partial charge in [-0.1, -0.05) is 84.4 Å². The van der Waals surface area contributed by atoms with Gasteiger partial charge in [0.15, 0.2) is 11.5 Å². The summed E-state index contributed by atoms with van der Waals surface area (Å²) in [5.74, 6) is 0.482. The summed E-state index contributed by atoms with van der Waals surface area (Å²) in [5.41, 5.74) is 6.98. The number of imidazole rings is 2. The third-order valence-electron chi connectivity index (χ3n) is 6.18. The summed E-state index contributed by atoms with van der Waals surface area (Å²) in [6.07, 6.45) is 3.22. The Morgan fingerprint density at radius 1 is 0.743 bits per heavy atom. The van der Waals surface area contributed by atoms with Gasteiger partial charge in [-0.05, 0) is 29.2 Å². The first kappa shape index (κ1) is 20.9. The van der Waals surface area contributed by atoms with E-state index in [4.69, 9.17) is 0 Å². The maximum Gasteiger partial charge on any atom is 0.350 e. The molecule has 35 heavy (non-hydrogen) atoms. The van der Waals surface area contributed by atoms with Crippen LogP contribution in [0.2, 0.25) is 0 Å². The Balaban J connectivity index is 1.32. The van der Waals surface area contributed by atoms with Gasteiger partial charge in [0.2, 0.25) is 0 Å². The second-order valence-electron chi connectivity index (χ2n) is 8.62. The zero-order valence-corrected chi connectivity index (χ0v) is 19.2. The summed E-state index contributed by atoms with van der Waals surface area (Å²) in [6.45, 7) is 3.02. The Hall–Kier alpha value is -4.65. The van der Waals surface area contributed by atoms with E-state index in [1.165, 1.54) is 23.0 Å². The molecular weight excluding hydrogens is 436 g/mol. The molecule has 3 aromatic carbocycles. The minimum Gasteiger partial charge on any atom is -0.311 e. The second-order valence-corrected chi connectivity index (χ2v) is 8.62. The molecule has 4 aromatic rings. The Morgan fingerprint density at radius 2 is 1.43 bits per heavy atom. The Labute approximate surface area is 201 Å². The lowest BCUT2D eigenvalue weighted by molar-refractivity contribution is 0.758. The molecule has 0 atom stereocenters. The van der Waals surface area contributed by atoms with Crippen molar-refractivity contribution in [3.8, 4) is 22.6 Å². The molecule has 0 saturated heterocycles. The lowest BCUT2D eigenvalue weighted by Crippen LogP contribution is -2.17. The quantitative estimate of drug-likeness (QED) is 0.378. The molecule has 3 heterocycles. The molecule has 0 unspecified atom stereocenters. The minimum absolute atomic E-state index is 0.341. The molecule has 0 amide bonds. The summed E-state index contributed by atoms with van der Waals surface area (Å²) < 4.78 is 3.53. The van der Waals surface area contributed by atoms with Gasteiger partial charge < -0.3 is 4.57 Å². The minimum atomic E-state index is -0.341. The van der Waals surface area contributed by atoms with Crippen LogP contribution in [0.5, 0.6) is 0 Å². The fourth-order valence-electron chi connectivity index (χ4n) is 4.29. The van der Waals surface area contributed by atoms with Crippen molar-refractivity contribution in [2.45, 2.75) is 20.0 Å². The number of rotatable bonds is 5. The smallest absolute Gasteiger partial charge is 0.311 e. The Morgan fingerprint density at radius 3 is 2.20 bits per heavy atom. The summed E-state index contributed by atoms with van der Waals surface area (Å²) >= 11 is 0. The molecular formula is C28H22N6O. The molecule has 6 rings (SSSR count). The van der Waals surface area contributed by atoms with E-state index in [1.54, 1.807) is 10.9 Å². The van der Waals surface area contributed by atoms with Crippen molar-refractivity contribution in [2.24, 2.45) is 0 Å². The first-order valence-corrected chi connectivity index (χ1v) is 11.4. The van der Waals surface area contributed by atoms with Gasteiger partial charge in [0, 0.05) is 0 Å². The van der Waals surface area contributed by atoms with Gasteiger partial charge in [-0.25, -0.2) is 19.7 Å². The van der Waals surface area contributed by atoms with E-state index in [9.17, 15) is 4.79 Å². The van der Waals surface area contributed by atoms with Gasteiger partial charge in [0.25, 0.3) is 0 Å². The van der Waals surface area contributed by atoms with Gasteiger partial charge in [-0.3, -0.25) is 4.57 Å². The van der Waals surface area contributed by atoms with Gasteiger partial charge in [-0.15, -0.1) is 0 Å². The van der Waals surface area contributed by atoms with E-state index in [0.717, 1.165) is 11.1 Å². The van der Waals surface area contributed by atoms with Crippen molar-refractivity contribution >= 4 is 11.2 Å². The fourth-order valence-corrected chi connectivity index (χ4v) is 4.29. The topological polar surface area (TPSA) is 78.5 Å². The molecule has 0 saturated carbocycles. The van der Waals surface area contributed by atoms with Crippen molar-refractivity contribution in [1.29, 1.82) is 0 Å². The molecule has 7 nitrogen and oxygen atoms in total. The van der Waals surface area contributed by atoms with E-state index < -0.39 is 0 Å². The number of fused-ring (bicyclic) bond motifs is 3. The van der Waals surface area contributed by atoms with Crippen LogP contribution in [-0.2, 0) is 13.1 Å². The molecule has 0 aliphatic carbocycles. The van der Waals surface area contributed by atoms with E-state index in [-0.39, 0.29) is 5.69 Å². The van der Waals surface area contributed by atoms with Crippen LogP contribution in [0.15, 0.2) is 96.3 Å². The maximum atomic E-state index is 12.8. The second kappa shape index (κ2) is 8.61. The van der Waals surface area contributed by atoms with Crippen molar-refractivity contribution in [1.82, 2.24) is 29.1 Å². The predicted molar refractivity (Wildman–Crippen MR) is 135 cm³/mol. The van der Waals surface area contributed by atoms with E-state index in [2.05, 4.69) is 56.3 Å². The number of aromatic nitrogens is 6. The Bertz CT molecular complexity index is 1650. The average molecular weight is 459 g/mol. The average Bonchev–Trinajstić information content (AvgIpc) is 3.35. The van der Waals surface area contributed by atoms with Crippen LogP contribution in [0, 0.1) is 6.92 Å². The fraction of sp³-hybridized carbons (Fsp3) is 0.107. The maximum absolute atomic E-state index is 12.8. The monoisotopic (exact) mass is 458 g/mol. The highest BCUT2D eigenvalue weighted by Gasteiger charge is 2.21. The van der Waals surface area contributed by atoms with Gasteiger partial charge >= 0.3 is 5.69 Å². The third-order valence-corrected chi connectivity index (χ3v) is 6.18. The van der Waals surface area contributed by atoms with Crippen LogP contribution < -0.4 is 5.69 Å². The molecule has 0 N–H and O–H groups in total. The molecule has 7 heteroatoms. The molecule has 0 bridgehead atoms. The van der Waals surface area contributed by atoms with Crippen molar-refractivity contribution in [3.05, 3.63) is 119 Å². The molecule has 0 spiro atoms. The predicted octanol–water partition coefficient (Wildman–Crippen LogP) is 4.56. The zero-order chi connectivity index (χ0) is 23.8. The number of aryl methyl sites for hydroxylation is 1. The van der Waals surface area contributed by atoms with Crippen LogP contribution in [0.1, 0.15) is 16.7 Å². The van der Waals surface area contributed by atoms with Gasteiger partial charge in [0.05, 0.1) is 19.4 Å². The summed E-state index contributed by atoms with van der Waals surface area (Å²) in [6, 6.07) is 26.8.